The molecule has 0 saturated carbocycles. The summed E-state index contributed by atoms with van der Waals surface area (Å²) in [5, 5.41) is 3.84. The molecule has 4 rings (SSSR count). The molecule has 0 spiro atoms. The van der Waals surface area contributed by atoms with Crippen LogP contribution in [-0.2, 0) is 0 Å². The van der Waals surface area contributed by atoms with E-state index in [1.54, 1.807) is 24.4 Å². The third kappa shape index (κ3) is 2.51. The molecule has 0 fully saturated rings. The Hall–Kier alpha value is -2.60. The van der Waals surface area contributed by atoms with Crippen LogP contribution in [0.2, 0.25) is 0 Å². The Morgan fingerprint density at radius 3 is 2.91 bits per heavy atom. The SMILES string of the molecule is O=C(Nc1ccc(Br)c2cccnc12)c1ccc2c(c1)OCO2. The standard InChI is InChI=1S/C17H11BrN2O3/c18-12-4-5-13(16-11(12)2-1-7-19-16)20-17(21)10-3-6-14-15(8-10)23-9-22-14/h1-8H,9H2,(H,20,21). The minimum atomic E-state index is -0.224. The van der Waals surface area contributed by atoms with Crippen LogP contribution < -0.4 is 14.8 Å². The van der Waals surface area contributed by atoms with Gasteiger partial charge in [0.25, 0.3) is 5.91 Å². The molecule has 23 heavy (non-hydrogen) atoms. The van der Waals surface area contributed by atoms with Gasteiger partial charge in [-0.1, -0.05) is 22.0 Å². The van der Waals surface area contributed by atoms with E-state index in [0.717, 1.165) is 15.4 Å². The number of hydrogen-bond acceptors (Lipinski definition) is 4. The van der Waals surface area contributed by atoms with Crippen molar-refractivity contribution in [3.63, 3.8) is 0 Å². The van der Waals surface area contributed by atoms with E-state index in [9.17, 15) is 4.79 Å². The minimum Gasteiger partial charge on any atom is -0.454 e. The fraction of sp³-hybridized carbons (Fsp3) is 0.0588. The van der Waals surface area contributed by atoms with Gasteiger partial charge in [-0.05, 0) is 36.4 Å². The summed E-state index contributed by atoms with van der Waals surface area (Å²) in [5.74, 6) is 1.01. The van der Waals surface area contributed by atoms with Crippen molar-refractivity contribution in [2.24, 2.45) is 0 Å². The summed E-state index contributed by atoms with van der Waals surface area (Å²) in [7, 11) is 0. The second-order valence-electron chi connectivity index (χ2n) is 5.02. The molecule has 0 radical (unpaired) electrons. The Balaban J connectivity index is 1.68. The van der Waals surface area contributed by atoms with Gasteiger partial charge in [0.15, 0.2) is 11.5 Å². The Kier molecular flexibility index (Phi) is 3.38. The van der Waals surface area contributed by atoms with Crippen molar-refractivity contribution in [3.8, 4) is 11.5 Å². The number of ether oxygens (including phenoxy) is 2. The van der Waals surface area contributed by atoms with Crippen molar-refractivity contribution in [3.05, 3.63) is 58.7 Å². The summed E-state index contributed by atoms with van der Waals surface area (Å²) in [4.78, 5) is 16.9. The number of fused-ring (bicyclic) bond motifs is 2. The number of anilines is 1. The number of benzene rings is 2. The first-order valence-corrected chi connectivity index (χ1v) is 7.76. The van der Waals surface area contributed by atoms with Crippen LogP contribution >= 0.6 is 15.9 Å². The summed E-state index contributed by atoms with van der Waals surface area (Å²) >= 11 is 3.49. The zero-order valence-corrected chi connectivity index (χ0v) is 13.5. The molecule has 1 amide bonds. The van der Waals surface area contributed by atoms with Crippen molar-refractivity contribution >= 4 is 38.4 Å². The van der Waals surface area contributed by atoms with E-state index in [4.69, 9.17) is 9.47 Å². The predicted molar refractivity (Wildman–Crippen MR) is 90.0 cm³/mol. The van der Waals surface area contributed by atoms with E-state index in [-0.39, 0.29) is 12.7 Å². The molecule has 1 aliphatic heterocycles. The average Bonchev–Trinajstić information content (AvgIpc) is 3.05. The smallest absolute Gasteiger partial charge is 0.255 e. The van der Waals surface area contributed by atoms with Crippen LogP contribution in [-0.4, -0.2) is 17.7 Å². The quantitative estimate of drug-likeness (QED) is 0.740. The summed E-state index contributed by atoms with van der Waals surface area (Å²) in [6.45, 7) is 0.182. The summed E-state index contributed by atoms with van der Waals surface area (Å²) < 4.78 is 11.5. The zero-order valence-electron chi connectivity index (χ0n) is 11.9. The summed E-state index contributed by atoms with van der Waals surface area (Å²) in [6.07, 6.45) is 1.70. The first-order chi connectivity index (χ1) is 11.2. The Bertz CT molecular complexity index is 927. The van der Waals surface area contributed by atoms with Crippen LogP contribution in [0.4, 0.5) is 5.69 Å². The number of hydrogen-bond donors (Lipinski definition) is 1. The van der Waals surface area contributed by atoms with E-state index in [2.05, 4.69) is 26.2 Å². The number of carbonyl (C=O) groups is 1. The van der Waals surface area contributed by atoms with Gasteiger partial charge in [0.05, 0.1) is 11.2 Å². The number of halogens is 1. The first-order valence-electron chi connectivity index (χ1n) is 6.96. The van der Waals surface area contributed by atoms with Gasteiger partial charge in [0.2, 0.25) is 6.79 Å². The molecule has 0 saturated heterocycles. The second-order valence-corrected chi connectivity index (χ2v) is 5.87. The maximum atomic E-state index is 12.5. The molecule has 114 valence electrons. The molecular formula is C17H11BrN2O3. The monoisotopic (exact) mass is 370 g/mol. The molecule has 2 heterocycles. The highest BCUT2D eigenvalue weighted by Crippen LogP contribution is 2.33. The maximum absolute atomic E-state index is 12.5. The number of nitrogens with one attached hydrogen (secondary N) is 1. The van der Waals surface area contributed by atoms with Crippen LogP contribution in [0.15, 0.2) is 53.1 Å². The second kappa shape index (κ2) is 5.55. The first kappa shape index (κ1) is 14.0. The van der Waals surface area contributed by atoms with Gasteiger partial charge in [-0.25, -0.2) is 0 Å². The molecule has 2 aromatic carbocycles. The van der Waals surface area contributed by atoms with Crippen LogP contribution in [0.1, 0.15) is 10.4 Å². The zero-order chi connectivity index (χ0) is 15.8. The third-order valence-corrected chi connectivity index (χ3v) is 4.29. The van der Waals surface area contributed by atoms with Crippen molar-refractivity contribution in [1.29, 1.82) is 0 Å². The molecule has 1 aliphatic rings. The number of carbonyl (C=O) groups excluding carboxylic acids is 1. The van der Waals surface area contributed by atoms with E-state index in [1.165, 1.54) is 0 Å². The van der Waals surface area contributed by atoms with Gasteiger partial charge in [-0.2, -0.15) is 0 Å². The van der Waals surface area contributed by atoms with Crippen LogP contribution in [0.25, 0.3) is 10.9 Å². The Labute approximate surface area is 140 Å². The Morgan fingerprint density at radius 1 is 1.13 bits per heavy atom. The minimum absolute atomic E-state index is 0.182. The van der Waals surface area contributed by atoms with Gasteiger partial charge >= 0.3 is 0 Å². The van der Waals surface area contributed by atoms with Crippen LogP contribution in [0.3, 0.4) is 0 Å². The van der Waals surface area contributed by atoms with E-state index in [0.29, 0.717) is 22.7 Å². The molecule has 1 N–H and O–H groups in total. The molecule has 1 aromatic heterocycles. The van der Waals surface area contributed by atoms with E-state index < -0.39 is 0 Å². The van der Waals surface area contributed by atoms with Crippen molar-refractivity contribution in [1.82, 2.24) is 4.98 Å². The largest absolute Gasteiger partial charge is 0.454 e. The van der Waals surface area contributed by atoms with Crippen LogP contribution in [0.5, 0.6) is 11.5 Å². The number of amides is 1. The molecule has 0 unspecified atom stereocenters. The van der Waals surface area contributed by atoms with Gasteiger partial charge in [-0.15, -0.1) is 0 Å². The number of pyridine rings is 1. The lowest BCUT2D eigenvalue weighted by atomic mass is 10.1. The predicted octanol–water partition coefficient (Wildman–Crippen LogP) is 3.98. The number of aromatic nitrogens is 1. The lowest BCUT2D eigenvalue weighted by Gasteiger charge is -2.09. The fourth-order valence-electron chi connectivity index (χ4n) is 2.47. The molecule has 3 aromatic rings. The highest BCUT2D eigenvalue weighted by atomic mass is 79.9. The third-order valence-electron chi connectivity index (χ3n) is 3.60. The molecule has 0 atom stereocenters. The summed E-state index contributed by atoms with van der Waals surface area (Å²) in [6, 6.07) is 12.6. The molecule has 6 heteroatoms. The van der Waals surface area contributed by atoms with Crippen molar-refractivity contribution < 1.29 is 14.3 Å². The van der Waals surface area contributed by atoms with Crippen LogP contribution in [0, 0.1) is 0 Å². The highest BCUT2D eigenvalue weighted by Gasteiger charge is 2.17. The van der Waals surface area contributed by atoms with Crippen molar-refractivity contribution in [2.45, 2.75) is 0 Å². The average molecular weight is 371 g/mol. The Morgan fingerprint density at radius 2 is 2.00 bits per heavy atom. The van der Waals surface area contributed by atoms with Gasteiger partial charge in [0.1, 0.15) is 0 Å². The normalized spacial score (nSPS) is 12.4. The maximum Gasteiger partial charge on any atom is 0.255 e. The molecule has 0 bridgehead atoms. The van der Waals surface area contributed by atoms with E-state index >= 15 is 0 Å². The molecule has 0 aliphatic carbocycles. The number of nitrogens with zero attached hydrogens (tertiary/aromatic N) is 1. The van der Waals surface area contributed by atoms with E-state index in [1.807, 2.05) is 24.3 Å². The topological polar surface area (TPSA) is 60.5 Å². The highest BCUT2D eigenvalue weighted by molar-refractivity contribution is 9.10. The van der Waals surface area contributed by atoms with Gasteiger partial charge in [0, 0.05) is 21.6 Å². The van der Waals surface area contributed by atoms with Crippen molar-refractivity contribution in [2.75, 3.05) is 12.1 Å². The lowest BCUT2D eigenvalue weighted by molar-refractivity contribution is 0.102. The van der Waals surface area contributed by atoms with Gasteiger partial charge in [-0.3, -0.25) is 9.78 Å². The summed E-state index contributed by atoms with van der Waals surface area (Å²) in [5.41, 5.74) is 1.89. The fourth-order valence-corrected chi connectivity index (χ4v) is 2.92. The number of rotatable bonds is 2. The lowest BCUT2D eigenvalue weighted by Crippen LogP contribution is -2.12. The van der Waals surface area contributed by atoms with Gasteiger partial charge < -0.3 is 14.8 Å². The molecular weight excluding hydrogens is 360 g/mol. The molecule has 5 nitrogen and oxygen atoms in total.